The van der Waals surface area contributed by atoms with Crippen molar-refractivity contribution in [2.75, 3.05) is 6.61 Å². The minimum Gasteiger partial charge on any atom is -0.493 e. The Bertz CT molecular complexity index is 608. The Hall–Kier alpha value is -2.04. The number of hydrogen-bond acceptors (Lipinski definition) is 3. The SMILES string of the molecule is CC1(NC(=O)c2ccc(OCC3CC3)cc2)CCCCC1C(=O)O. The second-order valence-corrected chi connectivity index (χ2v) is 7.29. The summed E-state index contributed by atoms with van der Waals surface area (Å²) in [5, 5.41) is 12.4. The number of ether oxygens (including phenoxy) is 1. The van der Waals surface area contributed by atoms with Gasteiger partial charge in [-0.05, 0) is 62.8 Å². The highest BCUT2D eigenvalue weighted by Gasteiger charge is 2.42. The zero-order valence-electron chi connectivity index (χ0n) is 14.1. The zero-order chi connectivity index (χ0) is 17.2. The Kier molecular flexibility index (Phi) is 4.78. The van der Waals surface area contributed by atoms with Gasteiger partial charge in [-0.3, -0.25) is 9.59 Å². The van der Waals surface area contributed by atoms with Crippen LogP contribution in [0, 0.1) is 11.8 Å². The molecule has 0 aliphatic heterocycles. The van der Waals surface area contributed by atoms with Crippen LogP contribution < -0.4 is 10.1 Å². The monoisotopic (exact) mass is 331 g/mol. The number of carboxylic acid groups (broad SMARTS) is 1. The molecule has 0 heterocycles. The van der Waals surface area contributed by atoms with Crippen LogP contribution in [-0.2, 0) is 4.79 Å². The highest BCUT2D eigenvalue weighted by atomic mass is 16.5. The van der Waals surface area contributed by atoms with E-state index in [2.05, 4.69) is 5.32 Å². The van der Waals surface area contributed by atoms with Crippen LogP contribution in [0.1, 0.15) is 55.8 Å². The molecule has 0 spiro atoms. The molecule has 2 unspecified atom stereocenters. The van der Waals surface area contributed by atoms with Crippen molar-refractivity contribution in [3.8, 4) is 5.75 Å². The summed E-state index contributed by atoms with van der Waals surface area (Å²) >= 11 is 0. The lowest BCUT2D eigenvalue weighted by molar-refractivity contribution is -0.145. The molecule has 2 N–H and O–H groups in total. The summed E-state index contributed by atoms with van der Waals surface area (Å²) in [6, 6.07) is 7.07. The second kappa shape index (κ2) is 6.83. The number of carboxylic acids is 1. The lowest BCUT2D eigenvalue weighted by Crippen LogP contribution is -2.55. The predicted molar refractivity (Wildman–Crippen MR) is 90.1 cm³/mol. The van der Waals surface area contributed by atoms with Gasteiger partial charge in [0.1, 0.15) is 5.75 Å². The Labute approximate surface area is 142 Å². The molecule has 2 saturated carbocycles. The first kappa shape index (κ1) is 16.8. The molecule has 24 heavy (non-hydrogen) atoms. The normalized spacial score (nSPS) is 26.6. The maximum Gasteiger partial charge on any atom is 0.308 e. The van der Waals surface area contributed by atoms with Crippen LogP contribution in [0.15, 0.2) is 24.3 Å². The topological polar surface area (TPSA) is 75.6 Å². The van der Waals surface area contributed by atoms with Crippen LogP contribution in [0.3, 0.4) is 0 Å². The third kappa shape index (κ3) is 3.89. The van der Waals surface area contributed by atoms with Gasteiger partial charge in [0.15, 0.2) is 0 Å². The number of hydrogen-bond donors (Lipinski definition) is 2. The number of aliphatic carboxylic acids is 1. The summed E-state index contributed by atoms with van der Waals surface area (Å²) < 4.78 is 5.67. The predicted octanol–water partition coefficient (Wildman–Crippen LogP) is 3.24. The Balaban J connectivity index is 1.63. The van der Waals surface area contributed by atoms with Crippen molar-refractivity contribution in [3.05, 3.63) is 29.8 Å². The first-order valence-electron chi connectivity index (χ1n) is 8.76. The van der Waals surface area contributed by atoms with Gasteiger partial charge in [0, 0.05) is 5.56 Å². The number of carbonyl (C=O) groups excluding carboxylic acids is 1. The van der Waals surface area contributed by atoms with Crippen LogP contribution >= 0.6 is 0 Å². The summed E-state index contributed by atoms with van der Waals surface area (Å²) in [6.45, 7) is 2.58. The van der Waals surface area contributed by atoms with Crippen molar-refractivity contribution < 1.29 is 19.4 Å². The molecule has 2 aliphatic carbocycles. The third-order valence-corrected chi connectivity index (χ3v) is 5.20. The van der Waals surface area contributed by atoms with Crippen LogP contribution in [0.25, 0.3) is 0 Å². The molecule has 0 saturated heterocycles. The van der Waals surface area contributed by atoms with Gasteiger partial charge in [0.2, 0.25) is 0 Å². The van der Waals surface area contributed by atoms with Crippen molar-refractivity contribution in [2.24, 2.45) is 11.8 Å². The van der Waals surface area contributed by atoms with E-state index in [4.69, 9.17) is 4.74 Å². The molecule has 0 radical (unpaired) electrons. The molecular weight excluding hydrogens is 306 g/mol. The summed E-state index contributed by atoms with van der Waals surface area (Å²) in [7, 11) is 0. The largest absolute Gasteiger partial charge is 0.493 e. The maximum atomic E-state index is 12.5. The molecule has 3 rings (SSSR count). The minimum atomic E-state index is -0.832. The third-order valence-electron chi connectivity index (χ3n) is 5.20. The fourth-order valence-electron chi connectivity index (χ4n) is 3.41. The van der Waals surface area contributed by atoms with E-state index in [0.29, 0.717) is 24.3 Å². The number of amides is 1. The molecule has 2 fully saturated rings. The van der Waals surface area contributed by atoms with Crippen molar-refractivity contribution in [3.63, 3.8) is 0 Å². The lowest BCUT2D eigenvalue weighted by Gasteiger charge is -2.39. The molecule has 1 aromatic carbocycles. The van der Waals surface area contributed by atoms with Crippen molar-refractivity contribution >= 4 is 11.9 Å². The Morgan fingerprint density at radius 3 is 2.54 bits per heavy atom. The molecule has 5 heteroatoms. The van der Waals surface area contributed by atoms with Crippen molar-refractivity contribution in [1.82, 2.24) is 5.32 Å². The van der Waals surface area contributed by atoms with Crippen LogP contribution in [-0.4, -0.2) is 29.1 Å². The zero-order valence-corrected chi connectivity index (χ0v) is 14.1. The number of nitrogens with one attached hydrogen (secondary N) is 1. The smallest absolute Gasteiger partial charge is 0.308 e. The highest BCUT2D eigenvalue weighted by Crippen LogP contribution is 2.34. The fourth-order valence-corrected chi connectivity index (χ4v) is 3.41. The average Bonchev–Trinajstić information content (AvgIpc) is 3.37. The van der Waals surface area contributed by atoms with Gasteiger partial charge in [-0.25, -0.2) is 0 Å². The fraction of sp³-hybridized carbons (Fsp3) is 0.579. The van der Waals surface area contributed by atoms with Crippen LogP contribution in [0.2, 0.25) is 0 Å². The first-order valence-corrected chi connectivity index (χ1v) is 8.76. The molecule has 0 aromatic heterocycles. The average molecular weight is 331 g/mol. The van der Waals surface area contributed by atoms with Gasteiger partial charge in [0.05, 0.1) is 18.1 Å². The van der Waals surface area contributed by atoms with Crippen LogP contribution in [0.4, 0.5) is 0 Å². The lowest BCUT2D eigenvalue weighted by atomic mass is 9.73. The van der Waals surface area contributed by atoms with E-state index in [1.54, 1.807) is 24.3 Å². The van der Waals surface area contributed by atoms with Gasteiger partial charge in [-0.1, -0.05) is 12.8 Å². The molecule has 2 atom stereocenters. The highest BCUT2D eigenvalue weighted by molar-refractivity contribution is 5.95. The molecule has 1 aromatic rings. The number of benzene rings is 1. The van der Waals surface area contributed by atoms with Gasteiger partial charge in [0.25, 0.3) is 5.91 Å². The summed E-state index contributed by atoms with van der Waals surface area (Å²) in [5.41, 5.74) is -0.160. The van der Waals surface area contributed by atoms with Gasteiger partial charge in [-0.15, -0.1) is 0 Å². The van der Waals surface area contributed by atoms with E-state index in [-0.39, 0.29) is 5.91 Å². The maximum absolute atomic E-state index is 12.5. The molecule has 5 nitrogen and oxygen atoms in total. The molecule has 2 aliphatic rings. The summed E-state index contributed by atoms with van der Waals surface area (Å²) in [4.78, 5) is 24.0. The van der Waals surface area contributed by atoms with Gasteiger partial charge in [-0.2, -0.15) is 0 Å². The summed E-state index contributed by atoms with van der Waals surface area (Å²) in [5.74, 6) is -0.130. The van der Waals surface area contributed by atoms with E-state index in [1.807, 2.05) is 6.92 Å². The quantitative estimate of drug-likeness (QED) is 0.839. The van der Waals surface area contributed by atoms with Crippen molar-refractivity contribution in [2.45, 2.75) is 51.0 Å². The molecule has 0 bridgehead atoms. The molecule has 130 valence electrons. The summed E-state index contributed by atoms with van der Waals surface area (Å²) in [6.07, 6.45) is 5.62. The minimum absolute atomic E-state index is 0.223. The molecular formula is C19H25NO4. The van der Waals surface area contributed by atoms with E-state index in [9.17, 15) is 14.7 Å². The Morgan fingerprint density at radius 1 is 1.21 bits per heavy atom. The molecule has 1 amide bonds. The van der Waals surface area contributed by atoms with E-state index < -0.39 is 17.4 Å². The Morgan fingerprint density at radius 2 is 1.92 bits per heavy atom. The number of rotatable bonds is 6. The van der Waals surface area contributed by atoms with E-state index in [0.717, 1.165) is 25.2 Å². The van der Waals surface area contributed by atoms with Gasteiger partial charge < -0.3 is 15.2 Å². The number of carbonyl (C=O) groups is 2. The second-order valence-electron chi connectivity index (χ2n) is 7.29. The van der Waals surface area contributed by atoms with E-state index >= 15 is 0 Å². The van der Waals surface area contributed by atoms with Crippen molar-refractivity contribution in [1.29, 1.82) is 0 Å². The van der Waals surface area contributed by atoms with Crippen LogP contribution in [0.5, 0.6) is 5.75 Å². The first-order chi connectivity index (χ1) is 11.5. The van der Waals surface area contributed by atoms with E-state index in [1.165, 1.54) is 12.8 Å². The standard InChI is InChI=1S/C19H25NO4/c1-19(11-3-2-4-16(19)18(22)23)20-17(21)14-7-9-15(10-8-14)24-12-13-5-6-13/h7-10,13,16H,2-6,11-12H2,1H3,(H,20,21)(H,22,23). The van der Waals surface area contributed by atoms with Gasteiger partial charge >= 0.3 is 5.97 Å².